The van der Waals surface area contributed by atoms with Crippen molar-refractivity contribution in [2.75, 3.05) is 26.7 Å². The summed E-state index contributed by atoms with van der Waals surface area (Å²) in [5, 5.41) is 0. The highest BCUT2D eigenvalue weighted by molar-refractivity contribution is 9.10. The maximum Gasteiger partial charge on any atom is 0.167 e. The fourth-order valence-corrected chi connectivity index (χ4v) is 2.36. The number of ether oxygens (including phenoxy) is 1. The first-order chi connectivity index (χ1) is 8.56. The van der Waals surface area contributed by atoms with E-state index in [2.05, 4.69) is 20.8 Å². The molecule has 1 unspecified atom stereocenters. The molecule has 1 aliphatic heterocycles. The summed E-state index contributed by atoms with van der Waals surface area (Å²) < 4.78 is 18.9. The highest BCUT2D eigenvalue weighted by Crippen LogP contribution is 2.18. The number of carbonyl (C=O) groups is 1. The first-order valence-corrected chi connectivity index (χ1v) is 6.62. The Morgan fingerprint density at radius 2 is 2.39 bits per heavy atom. The largest absolute Gasteiger partial charge is 0.368 e. The molecule has 0 spiro atoms. The summed E-state index contributed by atoms with van der Waals surface area (Å²) in [5.74, 6) is -0.278. The third-order valence-electron chi connectivity index (χ3n) is 2.99. The van der Waals surface area contributed by atoms with Crippen LogP contribution in [0.25, 0.3) is 0 Å². The van der Waals surface area contributed by atoms with Crippen LogP contribution in [0, 0.1) is 5.82 Å². The molecule has 1 aromatic rings. The van der Waals surface area contributed by atoms with E-state index < -0.39 is 0 Å². The fraction of sp³-hybridized carbons (Fsp3) is 0.462. The molecule has 2 rings (SSSR count). The Morgan fingerprint density at radius 1 is 1.61 bits per heavy atom. The lowest BCUT2D eigenvalue weighted by Crippen LogP contribution is -2.44. The number of Topliss-reactive ketones (excluding diaryl/α,β-unsaturated/α-hetero) is 1. The summed E-state index contributed by atoms with van der Waals surface area (Å²) in [4.78, 5) is 14.1. The van der Waals surface area contributed by atoms with Gasteiger partial charge in [0.1, 0.15) is 11.9 Å². The second-order valence-corrected chi connectivity index (χ2v) is 5.37. The predicted octanol–water partition coefficient (Wildman–Crippen LogP) is 2.03. The van der Waals surface area contributed by atoms with Crippen LogP contribution in [0.15, 0.2) is 22.7 Å². The van der Waals surface area contributed by atoms with Crippen LogP contribution in [0.3, 0.4) is 0 Å². The minimum absolute atomic E-state index is 0.0417. The van der Waals surface area contributed by atoms with Crippen LogP contribution in [0.1, 0.15) is 5.56 Å². The van der Waals surface area contributed by atoms with Crippen LogP contribution in [-0.2, 0) is 16.0 Å². The monoisotopic (exact) mass is 315 g/mol. The Labute approximate surface area is 114 Å². The second-order valence-electron chi connectivity index (χ2n) is 4.51. The van der Waals surface area contributed by atoms with Crippen molar-refractivity contribution in [2.45, 2.75) is 12.5 Å². The van der Waals surface area contributed by atoms with Gasteiger partial charge in [0.25, 0.3) is 0 Å². The molecule has 5 heteroatoms. The summed E-state index contributed by atoms with van der Waals surface area (Å²) >= 11 is 3.12. The van der Waals surface area contributed by atoms with Crippen LogP contribution in [0.5, 0.6) is 0 Å². The van der Waals surface area contributed by atoms with E-state index in [0.717, 1.165) is 12.1 Å². The van der Waals surface area contributed by atoms with E-state index in [0.29, 0.717) is 17.6 Å². The van der Waals surface area contributed by atoms with Crippen molar-refractivity contribution < 1.29 is 13.9 Å². The molecule has 0 saturated carbocycles. The zero-order valence-corrected chi connectivity index (χ0v) is 11.7. The van der Waals surface area contributed by atoms with Gasteiger partial charge in [-0.1, -0.05) is 6.07 Å². The average Bonchev–Trinajstić information content (AvgIpc) is 2.34. The lowest BCUT2D eigenvalue weighted by atomic mass is 10.0. The number of likely N-dealkylation sites (N-methyl/N-ethyl adjacent to an activating group) is 1. The maximum atomic E-state index is 13.1. The Balaban J connectivity index is 2.00. The first-order valence-electron chi connectivity index (χ1n) is 5.83. The Morgan fingerprint density at radius 3 is 3.06 bits per heavy atom. The van der Waals surface area contributed by atoms with Crippen molar-refractivity contribution in [1.82, 2.24) is 4.90 Å². The molecule has 0 aromatic heterocycles. The maximum absolute atomic E-state index is 13.1. The van der Waals surface area contributed by atoms with E-state index in [1.54, 1.807) is 12.1 Å². The molecule has 98 valence electrons. The van der Waals surface area contributed by atoms with E-state index in [1.165, 1.54) is 6.07 Å². The molecule has 1 aliphatic rings. The summed E-state index contributed by atoms with van der Waals surface area (Å²) in [6, 6.07) is 4.63. The van der Waals surface area contributed by atoms with Crippen molar-refractivity contribution in [3.05, 3.63) is 34.1 Å². The Bertz CT molecular complexity index is 453. The molecular formula is C13H15BrFNO2. The molecule has 1 aromatic carbocycles. The van der Waals surface area contributed by atoms with Crippen molar-refractivity contribution in [3.63, 3.8) is 0 Å². The molecule has 0 bridgehead atoms. The van der Waals surface area contributed by atoms with Gasteiger partial charge in [0.05, 0.1) is 11.1 Å². The van der Waals surface area contributed by atoms with Gasteiger partial charge < -0.3 is 9.64 Å². The number of rotatable bonds is 3. The zero-order chi connectivity index (χ0) is 13.1. The molecule has 1 saturated heterocycles. The van der Waals surface area contributed by atoms with Crippen LogP contribution in [0.4, 0.5) is 4.39 Å². The van der Waals surface area contributed by atoms with Crippen LogP contribution < -0.4 is 0 Å². The van der Waals surface area contributed by atoms with Gasteiger partial charge in [-0.25, -0.2) is 4.39 Å². The Hall–Kier alpha value is -0.780. The minimum Gasteiger partial charge on any atom is -0.368 e. The van der Waals surface area contributed by atoms with Gasteiger partial charge in [0.15, 0.2) is 5.78 Å². The van der Waals surface area contributed by atoms with Crippen LogP contribution >= 0.6 is 15.9 Å². The molecule has 1 heterocycles. The van der Waals surface area contributed by atoms with Gasteiger partial charge >= 0.3 is 0 Å². The molecule has 18 heavy (non-hydrogen) atoms. The number of benzene rings is 1. The first kappa shape index (κ1) is 13.6. The van der Waals surface area contributed by atoms with Gasteiger partial charge in [0.2, 0.25) is 0 Å². The average molecular weight is 316 g/mol. The SMILES string of the molecule is CN1CCOC(C(=O)Cc2ccc(F)c(Br)c2)C1. The lowest BCUT2D eigenvalue weighted by Gasteiger charge is -2.29. The standard InChI is InChI=1S/C13H15BrFNO2/c1-16-4-5-18-13(8-16)12(17)7-9-2-3-11(15)10(14)6-9/h2-3,6,13H,4-5,7-8H2,1H3. The quantitative estimate of drug-likeness (QED) is 0.855. The highest BCUT2D eigenvalue weighted by Gasteiger charge is 2.24. The second kappa shape index (κ2) is 5.91. The van der Waals surface area contributed by atoms with Crippen molar-refractivity contribution in [3.8, 4) is 0 Å². The molecular weight excluding hydrogens is 301 g/mol. The summed E-state index contributed by atoms with van der Waals surface area (Å²) in [6.07, 6.45) is -0.0928. The number of ketones is 1. The topological polar surface area (TPSA) is 29.5 Å². The molecule has 1 fully saturated rings. The van der Waals surface area contributed by atoms with Gasteiger partial charge in [0, 0.05) is 19.5 Å². The highest BCUT2D eigenvalue weighted by atomic mass is 79.9. The number of carbonyl (C=O) groups excluding carboxylic acids is 1. The molecule has 0 radical (unpaired) electrons. The van der Waals surface area contributed by atoms with Crippen LogP contribution in [-0.4, -0.2) is 43.5 Å². The van der Waals surface area contributed by atoms with Crippen molar-refractivity contribution in [2.24, 2.45) is 0 Å². The van der Waals surface area contributed by atoms with Crippen molar-refractivity contribution >= 4 is 21.7 Å². The molecule has 0 aliphatic carbocycles. The number of halogens is 2. The van der Waals surface area contributed by atoms with Gasteiger partial charge in [-0.05, 0) is 40.7 Å². The van der Waals surface area contributed by atoms with E-state index in [1.807, 2.05) is 7.05 Å². The third-order valence-corrected chi connectivity index (χ3v) is 3.60. The smallest absolute Gasteiger partial charge is 0.167 e. The lowest BCUT2D eigenvalue weighted by molar-refractivity contribution is -0.134. The number of hydrogen-bond acceptors (Lipinski definition) is 3. The number of nitrogens with zero attached hydrogens (tertiary/aromatic N) is 1. The molecule has 0 N–H and O–H groups in total. The van der Waals surface area contributed by atoms with Gasteiger partial charge in [-0.3, -0.25) is 4.79 Å². The van der Waals surface area contributed by atoms with Crippen molar-refractivity contribution in [1.29, 1.82) is 0 Å². The van der Waals surface area contributed by atoms with E-state index in [4.69, 9.17) is 4.74 Å². The van der Waals surface area contributed by atoms with Gasteiger partial charge in [-0.15, -0.1) is 0 Å². The van der Waals surface area contributed by atoms with E-state index >= 15 is 0 Å². The molecule has 0 amide bonds. The minimum atomic E-state index is -0.368. The number of hydrogen-bond donors (Lipinski definition) is 0. The van der Waals surface area contributed by atoms with E-state index in [-0.39, 0.29) is 24.1 Å². The molecule has 3 nitrogen and oxygen atoms in total. The summed E-state index contributed by atoms with van der Waals surface area (Å²) in [7, 11) is 1.97. The van der Waals surface area contributed by atoms with Gasteiger partial charge in [-0.2, -0.15) is 0 Å². The third kappa shape index (κ3) is 3.37. The normalized spacial score (nSPS) is 20.9. The fourth-order valence-electron chi connectivity index (χ4n) is 1.94. The van der Waals surface area contributed by atoms with Crippen LogP contribution in [0.2, 0.25) is 0 Å². The van der Waals surface area contributed by atoms with E-state index in [9.17, 15) is 9.18 Å². The Kier molecular flexibility index (Phi) is 4.48. The molecule has 1 atom stereocenters. The summed E-state index contributed by atoms with van der Waals surface area (Å²) in [6.45, 7) is 2.06. The predicted molar refractivity (Wildman–Crippen MR) is 70.0 cm³/mol. The zero-order valence-electron chi connectivity index (χ0n) is 10.2. The number of morpholine rings is 1. The summed E-state index contributed by atoms with van der Waals surface area (Å²) in [5.41, 5.74) is 0.796.